The molecule has 0 amide bonds. The molecule has 2 fully saturated rings. The summed E-state index contributed by atoms with van der Waals surface area (Å²) in [6.07, 6.45) is 1.83. The maximum atomic E-state index is 10.3. The summed E-state index contributed by atoms with van der Waals surface area (Å²) >= 11 is 0. The van der Waals surface area contributed by atoms with Crippen molar-refractivity contribution in [3.05, 3.63) is 0 Å². The lowest BCUT2D eigenvalue weighted by atomic mass is 9.89. The van der Waals surface area contributed by atoms with Gasteiger partial charge in [-0.25, -0.2) is 0 Å². The van der Waals surface area contributed by atoms with E-state index in [9.17, 15) is 5.11 Å². The highest BCUT2D eigenvalue weighted by Gasteiger charge is 2.35. The van der Waals surface area contributed by atoms with Crippen molar-refractivity contribution in [3.8, 4) is 0 Å². The van der Waals surface area contributed by atoms with Gasteiger partial charge in [0, 0.05) is 25.8 Å². The number of aliphatic hydroxyl groups excluding tert-OH is 1. The maximum absolute atomic E-state index is 10.3. The predicted molar refractivity (Wildman–Crippen MR) is 58.6 cm³/mol. The van der Waals surface area contributed by atoms with Gasteiger partial charge >= 0.3 is 0 Å². The van der Waals surface area contributed by atoms with Gasteiger partial charge in [-0.1, -0.05) is 0 Å². The third kappa shape index (κ3) is 2.50. The molecule has 0 aromatic rings. The fourth-order valence-corrected chi connectivity index (χ4v) is 2.74. The molecule has 88 valence electrons. The van der Waals surface area contributed by atoms with E-state index in [0.29, 0.717) is 12.0 Å². The van der Waals surface area contributed by atoms with Crippen molar-refractivity contribution in [1.82, 2.24) is 9.80 Å². The number of nitrogens with zero attached hydrogens (tertiary/aromatic N) is 2. The Balaban J connectivity index is 1.91. The summed E-state index contributed by atoms with van der Waals surface area (Å²) in [7, 11) is 4.20. The largest absolute Gasteiger partial charge is 0.391 e. The van der Waals surface area contributed by atoms with Crippen LogP contribution in [0.2, 0.25) is 0 Å². The number of rotatable bonds is 2. The van der Waals surface area contributed by atoms with Crippen LogP contribution in [0.1, 0.15) is 12.8 Å². The van der Waals surface area contributed by atoms with E-state index in [1.165, 1.54) is 0 Å². The van der Waals surface area contributed by atoms with Crippen LogP contribution in [0.5, 0.6) is 0 Å². The van der Waals surface area contributed by atoms with Gasteiger partial charge in [0.2, 0.25) is 0 Å². The van der Waals surface area contributed by atoms with Crippen LogP contribution in [0.25, 0.3) is 0 Å². The zero-order valence-electron chi connectivity index (χ0n) is 9.72. The molecule has 2 aliphatic rings. The van der Waals surface area contributed by atoms with Gasteiger partial charge in [0.1, 0.15) is 0 Å². The Labute approximate surface area is 91.8 Å². The van der Waals surface area contributed by atoms with E-state index in [4.69, 9.17) is 4.74 Å². The van der Waals surface area contributed by atoms with Gasteiger partial charge in [0.25, 0.3) is 0 Å². The highest BCUT2D eigenvalue weighted by atomic mass is 16.5. The monoisotopic (exact) mass is 214 g/mol. The van der Waals surface area contributed by atoms with E-state index in [1.807, 2.05) is 0 Å². The second kappa shape index (κ2) is 4.78. The Hall–Kier alpha value is -0.160. The molecule has 1 N–H and O–H groups in total. The van der Waals surface area contributed by atoms with Crippen LogP contribution in [0.3, 0.4) is 0 Å². The first-order valence-corrected chi connectivity index (χ1v) is 5.83. The molecular weight excluding hydrogens is 192 g/mol. The Morgan fingerprint density at radius 3 is 2.47 bits per heavy atom. The standard InChI is InChI=1S/C11H22N2O2/c1-12-7-10(13(2)8-12)11(14)9-3-5-15-6-4-9/h9-11,14H,3-8H2,1-2H3. The van der Waals surface area contributed by atoms with Gasteiger partial charge in [-0.2, -0.15) is 0 Å². The number of hydrogen-bond donors (Lipinski definition) is 1. The summed E-state index contributed by atoms with van der Waals surface area (Å²) in [5.74, 6) is 0.428. The van der Waals surface area contributed by atoms with Gasteiger partial charge in [-0.05, 0) is 32.9 Å². The molecule has 0 radical (unpaired) electrons. The molecule has 15 heavy (non-hydrogen) atoms. The fourth-order valence-electron chi connectivity index (χ4n) is 2.74. The van der Waals surface area contributed by atoms with Crippen molar-refractivity contribution in [2.24, 2.45) is 5.92 Å². The van der Waals surface area contributed by atoms with Gasteiger partial charge < -0.3 is 9.84 Å². The van der Waals surface area contributed by atoms with Crippen molar-refractivity contribution >= 4 is 0 Å². The minimum Gasteiger partial charge on any atom is -0.391 e. The zero-order chi connectivity index (χ0) is 10.8. The highest BCUT2D eigenvalue weighted by molar-refractivity contribution is 4.89. The van der Waals surface area contributed by atoms with E-state index in [1.54, 1.807) is 0 Å². The Morgan fingerprint density at radius 2 is 1.93 bits per heavy atom. The van der Waals surface area contributed by atoms with E-state index in [0.717, 1.165) is 39.3 Å². The molecule has 0 saturated carbocycles. The van der Waals surface area contributed by atoms with Crippen molar-refractivity contribution < 1.29 is 9.84 Å². The number of aliphatic hydroxyl groups is 1. The van der Waals surface area contributed by atoms with Crippen LogP contribution < -0.4 is 0 Å². The second-order valence-corrected chi connectivity index (χ2v) is 4.94. The van der Waals surface area contributed by atoms with Crippen molar-refractivity contribution in [1.29, 1.82) is 0 Å². The molecule has 4 heteroatoms. The molecule has 2 heterocycles. The summed E-state index contributed by atoms with van der Waals surface area (Å²) in [6.45, 7) is 3.57. The van der Waals surface area contributed by atoms with Gasteiger partial charge in [0.05, 0.1) is 12.8 Å². The van der Waals surface area contributed by atoms with Crippen molar-refractivity contribution in [2.75, 3.05) is 40.5 Å². The first kappa shape index (κ1) is 11.3. The molecule has 0 aromatic carbocycles. The first-order chi connectivity index (χ1) is 7.18. The van der Waals surface area contributed by atoms with Crippen LogP contribution in [0.4, 0.5) is 0 Å². The van der Waals surface area contributed by atoms with E-state index in [2.05, 4.69) is 23.9 Å². The van der Waals surface area contributed by atoms with Crippen LogP contribution in [-0.2, 0) is 4.74 Å². The molecule has 2 rings (SSSR count). The van der Waals surface area contributed by atoms with Gasteiger partial charge in [0.15, 0.2) is 0 Å². The molecule has 4 nitrogen and oxygen atoms in total. The molecule has 0 aliphatic carbocycles. The molecule has 0 spiro atoms. The quantitative estimate of drug-likeness (QED) is 0.700. The molecule has 0 aromatic heterocycles. The van der Waals surface area contributed by atoms with Crippen LogP contribution in [-0.4, -0.2) is 67.6 Å². The van der Waals surface area contributed by atoms with Crippen LogP contribution in [0, 0.1) is 5.92 Å². The first-order valence-electron chi connectivity index (χ1n) is 5.83. The third-order valence-electron chi connectivity index (χ3n) is 3.67. The molecule has 2 aliphatic heterocycles. The van der Waals surface area contributed by atoms with Gasteiger partial charge in [-0.15, -0.1) is 0 Å². The number of ether oxygens (including phenoxy) is 1. The summed E-state index contributed by atoms with van der Waals surface area (Å²) in [5, 5.41) is 10.3. The zero-order valence-corrected chi connectivity index (χ0v) is 9.72. The Kier molecular flexibility index (Phi) is 3.61. The SMILES string of the molecule is CN1CC(C(O)C2CCOCC2)N(C)C1. The lowest BCUT2D eigenvalue weighted by Crippen LogP contribution is -2.44. The minimum absolute atomic E-state index is 0.191. The average Bonchev–Trinajstić information content (AvgIpc) is 2.58. The van der Waals surface area contributed by atoms with E-state index in [-0.39, 0.29) is 6.10 Å². The molecule has 2 unspecified atom stereocenters. The molecule has 2 saturated heterocycles. The number of likely N-dealkylation sites (N-methyl/N-ethyl adjacent to an activating group) is 2. The van der Waals surface area contributed by atoms with Gasteiger partial charge in [-0.3, -0.25) is 9.80 Å². The highest BCUT2D eigenvalue weighted by Crippen LogP contribution is 2.25. The maximum Gasteiger partial charge on any atom is 0.0738 e. The summed E-state index contributed by atoms with van der Waals surface area (Å²) < 4.78 is 5.33. The fraction of sp³-hybridized carbons (Fsp3) is 1.00. The van der Waals surface area contributed by atoms with E-state index < -0.39 is 0 Å². The molecular formula is C11H22N2O2. The van der Waals surface area contributed by atoms with E-state index >= 15 is 0 Å². The topological polar surface area (TPSA) is 35.9 Å². The number of hydrogen-bond acceptors (Lipinski definition) is 4. The average molecular weight is 214 g/mol. The second-order valence-electron chi connectivity index (χ2n) is 4.94. The summed E-state index contributed by atoms with van der Waals surface area (Å²) in [5.41, 5.74) is 0. The Morgan fingerprint density at radius 1 is 1.27 bits per heavy atom. The molecule has 0 bridgehead atoms. The smallest absolute Gasteiger partial charge is 0.0738 e. The third-order valence-corrected chi connectivity index (χ3v) is 3.67. The van der Waals surface area contributed by atoms with Crippen LogP contribution >= 0.6 is 0 Å². The Bertz CT molecular complexity index is 207. The predicted octanol–water partition coefficient (Wildman–Crippen LogP) is -0.0228. The molecule has 2 atom stereocenters. The lowest BCUT2D eigenvalue weighted by molar-refractivity contribution is -0.0192. The van der Waals surface area contributed by atoms with Crippen molar-refractivity contribution in [3.63, 3.8) is 0 Å². The van der Waals surface area contributed by atoms with Crippen molar-refractivity contribution in [2.45, 2.75) is 25.0 Å². The summed E-state index contributed by atoms with van der Waals surface area (Å²) in [4.78, 5) is 4.51. The minimum atomic E-state index is -0.191. The lowest BCUT2D eigenvalue weighted by Gasteiger charge is -2.32. The van der Waals surface area contributed by atoms with Crippen LogP contribution in [0.15, 0.2) is 0 Å². The summed E-state index contributed by atoms with van der Waals surface area (Å²) in [6, 6.07) is 0.304. The normalized spacial score (nSPS) is 33.4.